The second-order valence-electron chi connectivity index (χ2n) is 3.29. The Morgan fingerprint density at radius 3 is 2.59 bits per heavy atom. The molecule has 88 valence electrons. The zero-order valence-corrected chi connectivity index (χ0v) is 9.31. The van der Waals surface area contributed by atoms with E-state index in [0.717, 1.165) is 5.56 Å². The highest BCUT2D eigenvalue weighted by molar-refractivity contribution is 6.57. The van der Waals surface area contributed by atoms with Crippen LogP contribution in [0.4, 0.5) is 4.79 Å². The number of nitrogens with one attached hydrogen (secondary N) is 2. The number of rotatable bonds is 6. The molecule has 0 aliphatic heterocycles. The summed E-state index contributed by atoms with van der Waals surface area (Å²) in [4.78, 5) is 21.5. The minimum absolute atomic E-state index is 0.0209. The molecule has 0 saturated carbocycles. The van der Waals surface area contributed by atoms with E-state index in [-0.39, 0.29) is 25.8 Å². The van der Waals surface area contributed by atoms with Gasteiger partial charge in [-0.2, -0.15) is 0 Å². The Balaban J connectivity index is 2.11. The Morgan fingerprint density at radius 2 is 1.94 bits per heavy atom. The van der Waals surface area contributed by atoms with Gasteiger partial charge in [-0.1, -0.05) is 30.3 Å². The molecule has 17 heavy (non-hydrogen) atoms. The van der Waals surface area contributed by atoms with E-state index in [2.05, 4.69) is 10.6 Å². The number of hydrogen-bond acceptors (Lipinski definition) is 4. The number of amides is 1. The number of ether oxygens (including phenoxy) is 1. The Bertz CT molecular complexity index is 370. The van der Waals surface area contributed by atoms with Crippen molar-refractivity contribution in [1.29, 1.82) is 0 Å². The average Bonchev–Trinajstić information content (AvgIpc) is 2.33. The zero-order valence-electron chi connectivity index (χ0n) is 9.31. The van der Waals surface area contributed by atoms with E-state index in [9.17, 15) is 9.59 Å². The summed E-state index contributed by atoms with van der Waals surface area (Å²) in [7, 11) is 4.84. The number of hydrogen-bond donors (Lipinski definition) is 2. The quantitative estimate of drug-likeness (QED) is 0.317. The molecule has 5 nitrogen and oxygen atoms in total. The topological polar surface area (TPSA) is 67.4 Å². The van der Waals surface area contributed by atoms with E-state index in [1.807, 2.05) is 30.3 Å². The molecule has 0 aliphatic carbocycles. The second kappa shape index (κ2) is 7.46. The summed E-state index contributed by atoms with van der Waals surface area (Å²) in [5.74, 6) is -1.03. The van der Waals surface area contributed by atoms with Crippen LogP contribution in [0.5, 0.6) is 0 Å². The summed E-state index contributed by atoms with van der Waals surface area (Å²) in [5, 5.41) is 4.96. The molecule has 0 atom stereocenters. The van der Waals surface area contributed by atoms with Crippen LogP contribution < -0.4 is 10.6 Å². The van der Waals surface area contributed by atoms with Gasteiger partial charge in [0.05, 0.1) is 13.2 Å². The maximum absolute atomic E-state index is 11.2. The predicted octanol–water partition coefficient (Wildman–Crippen LogP) is 0.155. The van der Waals surface area contributed by atoms with Crippen LogP contribution in [0.3, 0.4) is 0 Å². The van der Waals surface area contributed by atoms with Crippen molar-refractivity contribution >= 4 is 19.6 Å². The Labute approximate surface area is 101 Å². The van der Waals surface area contributed by atoms with Crippen LogP contribution >= 0.6 is 0 Å². The molecule has 1 aromatic carbocycles. The molecule has 0 aromatic heterocycles. The molecule has 0 saturated heterocycles. The molecule has 0 bridgehead atoms. The van der Waals surface area contributed by atoms with Gasteiger partial charge >= 0.3 is 5.97 Å². The molecule has 6 heteroatoms. The van der Waals surface area contributed by atoms with Gasteiger partial charge in [0.25, 0.3) is 0 Å². The van der Waals surface area contributed by atoms with Gasteiger partial charge in [0, 0.05) is 0 Å². The number of carbonyl (C=O) groups is 2. The fourth-order valence-corrected chi connectivity index (χ4v) is 1.10. The van der Waals surface area contributed by atoms with Crippen molar-refractivity contribution in [1.82, 2.24) is 10.6 Å². The number of esters is 1. The lowest BCUT2D eigenvalue weighted by atomic mass is 10.1. The van der Waals surface area contributed by atoms with Crippen molar-refractivity contribution < 1.29 is 14.3 Å². The third kappa shape index (κ3) is 6.37. The van der Waals surface area contributed by atoms with Crippen LogP contribution in [0.25, 0.3) is 0 Å². The van der Waals surface area contributed by atoms with Crippen molar-refractivity contribution in [2.75, 3.05) is 13.2 Å². The Kier molecular flexibility index (Phi) is 5.81. The first kappa shape index (κ1) is 13.3. The van der Waals surface area contributed by atoms with E-state index in [0.29, 0.717) is 0 Å². The Morgan fingerprint density at radius 1 is 1.24 bits per heavy atom. The SMILES string of the molecule is [B]C(=O)NCNCC(=O)OCc1ccccc1. The van der Waals surface area contributed by atoms with Gasteiger partial charge in [-0.15, -0.1) is 0 Å². The number of carbonyl (C=O) groups excluding carboxylic acids is 2. The monoisotopic (exact) mass is 232 g/mol. The van der Waals surface area contributed by atoms with Gasteiger partial charge in [0.2, 0.25) is 7.85 Å². The molecule has 0 unspecified atom stereocenters. The molecule has 2 radical (unpaired) electrons. The molecule has 0 heterocycles. The second-order valence-corrected chi connectivity index (χ2v) is 3.29. The average molecular weight is 232 g/mol. The van der Waals surface area contributed by atoms with Crippen molar-refractivity contribution in [3.63, 3.8) is 0 Å². The van der Waals surface area contributed by atoms with Gasteiger partial charge in [0.15, 0.2) is 5.81 Å². The minimum Gasteiger partial charge on any atom is -0.460 e. The van der Waals surface area contributed by atoms with Crippen LogP contribution in [-0.2, 0) is 16.1 Å². The largest absolute Gasteiger partial charge is 0.460 e. The molecule has 1 rings (SSSR count). The molecule has 1 aromatic rings. The molecule has 0 fully saturated rings. The summed E-state index contributed by atoms with van der Waals surface area (Å²) >= 11 is 0. The lowest BCUT2D eigenvalue weighted by molar-refractivity contribution is -0.143. The molecule has 2 N–H and O–H groups in total. The van der Waals surface area contributed by atoms with Crippen LogP contribution in [0, 0.1) is 0 Å². The summed E-state index contributed by atoms with van der Waals surface area (Å²) in [6.07, 6.45) is 0. The van der Waals surface area contributed by atoms with Gasteiger partial charge < -0.3 is 10.1 Å². The summed E-state index contributed by atoms with van der Waals surface area (Å²) in [6.45, 7) is 0.396. The highest BCUT2D eigenvalue weighted by Gasteiger charge is 2.02. The van der Waals surface area contributed by atoms with E-state index < -0.39 is 5.81 Å². The van der Waals surface area contributed by atoms with Crippen LogP contribution in [0.15, 0.2) is 30.3 Å². The molecule has 1 amide bonds. The van der Waals surface area contributed by atoms with Crippen LogP contribution in [0.2, 0.25) is 0 Å². The summed E-state index contributed by atoms with van der Waals surface area (Å²) in [5.41, 5.74) is 0.927. The molecule has 0 aliphatic rings. The Hall–Kier alpha value is -1.82. The van der Waals surface area contributed by atoms with Crippen LogP contribution in [-0.4, -0.2) is 32.8 Å². The fourth-order valence-electron chi connectivity index (χ4n) is 1.10. The van der Waals surface area contributed by atoms with Crippen LogP contribution in [0.1, 0.15) is 5.56 Å². The van der Waals surface area contributed by atoms with Gasteiger partial charge in [-0.05, 0) is 5.56 Å². The minimum atomic E-state index is -0.643. The van der Waals surface area contributed by atoms with Crippen molar-refractivity contribution in [3.05, 3.63) is 35.9 Å². The first-order valence-corrected chi connectivity index (χ1v) is 5.12. The highest BCUT2D eigenvalue weighted by Crippen LogP contribution is 2.00. The lowest BCUT2D eigenvalue weighted by Crippen LogP contribution is -2.36. The fraction of sp³-hybridized carbons (Fsp3) is 0.273. The smallest absolute Gasteiger partial charge is 0.320 e. The number of benzene rings is 1. The van der Waals surface area contributed by atoms with Crippen molar-refractivity contribution in [3.8, 4) is 0 Å². The van der Waals surface area contributed by atoms with Crippen molar-refractivity contribution in [2.24, 2.45) is 0 Å². The predicted molar refractivity (Wildman–Crippen MR) is 63.4 cm³/mol. The summed E-state index contributed by atoms with van der Waals surface area (Å²) < 4.78 is 4.99. The standard InChI is InChI=1S/C11H13BN2O3/c12-11(16)14-8-13-6-10(15)17-7-9-4-2-1-3-5-9/h1-5,13H,6-8H2,(H,14,16). The summed E-state index contributed by atoms with van der Waals surface area (Å²) in [6, 6.07) is 9.38. The molecular formula is C11H13BN2O3. The van der Waals surface area contributed by atoms with E-state index in [4.69, 9.17) is 12.6 Å². The van der Waals surface area contributed by atoms with Gasteiger partial charge in [-0.25, -0.2) is 0 Å². The third-order valence-electron chi connectivity index (χ3n) is 1.90. The van der Waals surface area contributed by atoms with E-state index in [1.54, 1.807) is 0 Å². The van der Waals surface area contributed by atoms with Gasteiger partial charge in [0.1, 0.15) is 6.61 Å². The first-order valence-electron chi connectivity index (χ1n) is 5.12. The maximum atomic E-state index is 11.2. The third-order valence-corrected chi connectivity index (χ3v) is 1.90. The van der Waals surface area contributed by atoms with Gasteiger partial charge in [-0.3, -0.25) is 14.9 Å². The zero-order chi connectivity index (χ0) is 12.5. The maximum Gasteiger partial charge on any atom is 0.320 e. The van der Waals surface area contributed by atoms with E-state index in [1.165, 1.54) is 0 Å². The molecule has 0 spiro atoms. The highest BCUT2D eigenvalue weighted by atomic mass is 16.5. The molecular weight excluding hydrogens is 219 g/mol. The lowest BCUT2D eigenvalue weighted by Gasteiger charge is -2.06. The van der Waals surface area contributed by atoms with Crippen molar-refractivity contribution in [2.45, 2.75) is 6.61 Å². The first-order chi connectivity index (χ1) is 8.18. The normalized spacial score (nSPS) is 9.65. The van der Waals surface area contributed by atoms with E-state index >= 15 is 0 Å².